The molecule has 86 valence electrons. The summed E-state index contributed by atoms with van der Waals surface area (Å²) in [6.07, 6.45) is 0.985. The Morgan fingerprint density at radius 3 is 2.94 bits per heavy atom. The third-order valence-corrected chi connectivity index (χ3v) is 3.69. The highest BCUT2D eigenvalue weighted by molar-refractivity contribution is 7.19. The number of hydrogen-bond donors (Lipinski definition) is 1. The lowest BCUT2D eigenvalue weighted by Gasteiger charge is -1.99. The Morgan fingerprint density at radius 1 is 1.50 bits per heavy atom. The van der Waals surface area contributed by atoms with E-state index in [-0.39, 0.29) is 0 Å². The molecule has 0 atom stereocenters. The van der Waals surface area contributed by atoms with Gasteiger partial charge in [-0.2, -0.15) is 5.10 Å². The van der Waals surface area contributed by atoms with Gasteiger partial charge in [0.15, 0.2) is 0 Å². The lowest BCUT2D eigenvalue weighted by molar-refractivity contribution is 0.683. The fourth-order valence-electron chi connectivity index (χ4n) is 1.57. The van der Waals surface area contributed by atoms with Crippen LogP contribution in [-0.4, -0.2) is 23.4 Å². The molecule has 0 aliphatic carbocycles. The number of nitrogens with zero attached hydrogens (tertiary/aromatic N) is 2. The largest absolute Gasteiger partial charge is 0.319 e. The minimum Gasteiger partial charge on any atom is -0.319 e. The second-order valence-electron chi connectivity index (χ2n) is 3.60. The van der Waals surface area contributed by atoms with Crippen LogP contribution in [0.4, 0.5) is 0 Å². The summed E-state index contributed by atoms with van der Waals surface area (Å²) >= 11 is 7.48. The van der Waals surface area contributed by atoms with Gasteiger partial charge in [-0.3, -0.25) is 4.68 Å². The van der Waals surface area contributed by atoms with E-state index in [4.69, 9.17) is 11.6 Å². The van der Waals surface area contributed by atoms with E-state index < -0.39 is 0 Å². The molecule has 0 radical (unpaired) electrons. The Labute approximate surface area is 104 Å². The third kappa shape index (κ3) is 2.45. The van der Waals surface area contributed by atoms with E-state index >= 15 is 0 Å². The zero-order valence-corrected chi connectivity index (χ0v) is 10.9. The molecule has 0 saturated heterocycles. The van der Waals surface area contributed by atoms with Crippen LogP contribution in [0.3, 0.4) is 0 Å². The van der Waals surface area contributed by atoms with Crippen molar-refractivity contribution < 1.29 is 0 Å². The molecular formula is C11H14ClN3S. The normalized spacial score (nSPS) is 10.9. The second kappa shape index (κ2) is 4.99. The van der Waals surface area contributed by atoms with Gasteiger partial charge < -0.3 is 5.32 Å². The fraction of sp³-hybridized carbons (Fsp3) is 0.364. The number of aryl methyl sites for hydroxylation is 1. The topological polar surface area (TPSA) is 29.9 Å². The number of hydrogen-bond acceptors (Lipinski definition) is 3. The summed E-state index contributed by atoms with van der Waals surface area (Å²) in [5.74, 6) is 0. The van der Waals surface area contributed by atoms with Gasteiger partial charge in [-0.25, -0.2) is 0 Å². The van der Waals surface area contributed by atoms with Crippen molar-refractivity contribution in [2.75, 3.05) is 13.6 Å². The molecule has 0 aromatic carbocycles. The second-order valence-corrected chi connectivity index (χ2v) is 5.32. The van der Waals surface area contributed by atoms with Gasteiger partial charge in [-0.1, -0.05) is 11.6 Å². The van der Waals surface area contributed by atoms with Crippen molar-refractivity contribution in [3.8, 4) is 10.6 Å². The highest BCUT2D eigenvalue weighted by atomic mass is 35.5. The molecule has 2 heterocycles. The van der Waals surface area contributed by atoms with Gasteiger partial charge in [0.1, 0.15) is 5.69 Å². The predicted octanol–water partition coefficient (Wildman–Crippen LogP) is 2.56. The van der Waals surface area contributed by atoms with E-state index in [0.717, 1.165) is 27.9 Å². The van der Waals surface area contributed by atoms with Crippen molar-refractivity contribution in [1.82, 2.24) is 15.1 Å². The first-order valence-corrected chi connectivity index (χ1v) is 6.33. The zero-order chi connectivity index (χ0) is 11.5. The number of likely N-dealkylation sites (N-methyl/N-ethyl adjacent to an activating group) is 1. The van der Waals surface area contributed by atoms with Crippen molar-refractivity contribution in [1.29, 1.82) is 0 Å². The molecule has 0 fully saturated rings. The first-order valence-electron chi connectivity index (χ1n) is 5.14. The van der Waals surface area contributed by atoms with Gasteiger partial charge in [0.2, 0.25) is 0 Å². The maximum Gasteiger partial charge on any atom is 0.103 e. The number of rotatable bonds is 4. The molecule has 0 bridgehead atoms. The van der Waals surface area contributed by atoms with Crippen LogP contribution in [0.1, 0.15) is 5.69 Å². The molecule has 2 aromatic rings. The zero-order valence-electron chi connectivity index (χ0n) is 9.33. The predicted molar refractivity (Wildman–Crippen MR) is 69.2 cm³/mol. The molecule has 0 unspecified atom stereocenters. The molecule has 0 aliphatic rings. The maximum absolute atomic E-state index is 5.91. The van der Waals surface area contributed by atoms with Gasteiger partial charge in [-0.15, -0.1) is 11.3 Å². The van der Waals surface area contributed by atoms with Crippen LogP contribution < -0.4 is 5.32 Å². The van der Waals surface area contributed by atoms with Crippen LogP contribution in [-0.2, 0) is 13.5 Å². The smallest absolute Gasteiger partial charge is 0.103 e. The van der Waals surface area contributed by atoms with Crippen LogP contribution in [0.15, 0.2) is 18.2 Å². The van der Waals surface area contributed by atoms with Gasteiger partial charge >= 0.3 is 0 Å². The average molecular weight is 256 g/mol. The van der Waals surface area contributed by atoms with E-state index in [1.54, 1.807) is 11.3 Å². The van der Waals surface area contributed by atoms with Gasteiger partial charge in [0.25, 0.3) is 0 Å². The molecule has 2 rings (SSSR count). The first kappa shape index (κ1) is 11.6. The quantitative estimate of drug-likeness (QED) is 0.910. The standard InChI is InChI=1S/C11H14ClN3S/c1-13-6-5-8-7-9(14-15(8)2)10-3-4-11(12)16-10/h3-4,7,13H,5-6H2,1-2H3. The Morgan fingerprint density at radius 2 is 2.31 bits per heavy atom. The number of aromatic nitrogens is 2. The molecular weight excluding hydrogens is 242 g/mol. The van der Waals surface area contributed by atoms with Crippen molar-refractivity contribution in [3.63, 3.8) is 0 Å². The van der Waals surface area contributed by atoms with Gasteiger partial charge in [0, 0.05) is 25.7 Å². The maximum atomic E-state index is 5.91. The van der Waals surface area contributed by atoms with Crippen LogP contribution in [0.5, 0.6) is 0 Å². The summed E-state index contributed by atoms with van der Waals surface area (Å²) in [5, 5.41) is 7.62. The Bertz CT molecular complexity index is 475. The van der Waals surface area contributed by atoms with E-state index in [1.807, 2.05) is 30.9 Å². The van der Waals surface area contributed by atoms with Crippen molar-refractivity contribution in [3.05, 3.63) is 28.2 Å². The average Bonchev–Trinajstić information content (AvgIpc) is 2.82. The molecule has 3 nitrogen and oxygen atoms in total. The van der Waals surface area contributed by atoms with E-state index in [9.17, 15) is 0 Å². The first-order chi connectivity index (χ1) is 7.70. The number of halogens is 1. The van der Waals surface area contributed by atoms with Gasteiger partial charge in [-0.05, 0) is 25.2 Å². The molecule has 1 N–H and O–H groups in total. The van der Waals surface area contributed by atoms with E-state index in [0.29, 0.717) is 0 Å². The van der Waals surface area contributed by atoms with Crippen LogP contribution >= 0.6 is 22.9 Å². The van der Waals surface area contributed by atoms with Gasteiger partial charge in [0.05, 0.1) is 9.21 Å². The number of nitrogens with one attached hydrogen (secondary N) is 1. The van der Waals surface area contributed by atoms with E-state index in [1.165, 1.54) is 5.69 Å². The summed E-state index contributed by atoms with van der Waals surface area (Å²) in [6.45, 7) is 0.962. The molecule has 0 saturated carbocycles. The summed E-state index contributed by atoms with van der Waals surface area (Å²) in [7, 11) is 3.93. The third-order valence-electron chi connectivity index (χ3n) is 2.43. The van der Waals surface area contributed by atoms with Crippen molar-refractivity contribution >= 4 is 22.9 Å². The van der Waals surface area contributed by atoms with E-state index in [2.05, 4.69) is 16.5 Å². The molecule has 0 amide bonds. The Balaban J connectivity index is 2.23. The van der Waals surface area contributed by atoms with Crippen molar-refractivity contribution in [2.45, 2.75) is 6.42 Å². The highest BCUT2D eigenvalue weighted by Crippen LogP contribution is 2.30. The minimum atomic E-state index is 0.803. The molecule has 5 heteroatoms. The van der Waals surface area contributed by atoms with Crippen LogP contribution in [0.25, 0.3) is 10.6 Å². The van der Waals surface area contributed by atoms with Crippen molar-refractivity contribution in [2.24, 2.45) is 7.05 Å². The Hall–Kier alpha value is -0.840. The van der Waals surface area contributed by atoms with Crippen LogP contribution in [0.2, 0.25) is 4.34 Å². The number of thiophene rings is 1. The molecule has 0 spiro atoms. The highest BCUT2D eigenvalue weighted by Gasteiger charge is 2.08. The molecule has 16 heavy (non-hydrogen) atoms. The summed E-state index contributed by atoms with van der Waals surface area (Å²) in [6, 6.07) is 6.04. The lowest BCUT2D eigenvalue weighted by Crippen LogP contribution is -2.12. The Kier molecular flexibility index (Phi) is 3.63. The van der Waals surface area contributed by atoms with Crippen LogP contribution in [0, 0.1) is 0 Å². The summed E-state index contributed by atoms with van der Waals surface area (Å²) in [4.78, 5) is 1.12. The lowest BCUT2D eigenvalue weighted by atomic mass is 10.2. The molecule has 0 aliphatic heterocycles. The SMILES string of the molecule is CNCCc1cc(-c2ccc(Cl)s2)nn1C. The summed E-state index contributed by atoms with van der Waals surface area (Å²) in [5.41, 5.74) is 2.24. The minimum absolute atomic E-state index is 0.803. The monoisotopic (exact) mass is 255 g/mol. The molecule has 2 aromatic heterocycles. The fourth-order valence-corrected chi connectivity index (χ4v) is 2.56. The summed E-state index contributed by atoms with van der Waals surface area (Å²) < 4.78 is 2.73.